The van der Waals surface area contributed by atoms with E-state index >= 15 is 0 Å². The number of aryl methyl sites for hydroxylation is 1. The molecular formula is C13H14BrClN4OS. The van der Waals surface area contributed by atoms with Crippen molar-refractivity contribution in [3.63, 3.8) is 0 Å². The zero-order chi connectivity index (χ0) is 15.4. The van der Waals surface area contributed by atoms with Gasteiger partial charge in [0.1, 0.15) is 5.82 Å². The van der Waals surface area contributed by atoms with Gasteiger partial charge in [0, 0.05) is 11.0 Å². The van der Waals surface area contributed by atoms with E-state index in [-0.39, 0.29) is 11.7 Å². The molecule has 21 heavy (non-hydrogen) atoms. The Labute approximate surface area is 140 Å². The second kappa shape index (κ2) is 7.29. The molecule has 2 aromatic rings. The third-order valence-corrected chi connectivity index (χ3v) is 4.53. The normalized spacial score (nSPS) is 10.7. The Morgan fingerprint density at radius 3 is 2.90 bits per heavy atom. The van der Waals surface area contributed by atoms with Crippen LogP contribution in [0, 0.1) is 6.92 Å². The topological polar surface area (TPSA) is 59.8 Å². The number of nitrogens with zero attached hydrogens (tertiary/aromatic N) is 3. The molecule has 1 heterocycles. The highest BCUT2D eigenvalue weighted by Gasteiger charge is 2.11. The van der Waals surface area contributed by atoms with Crippen LogP contribution in [-0.2, 0) is 11.3 Å². The molecule has 0 aliphatic rings. The van der Waals surface area contributed by atoms with Gasteiger partial charge < -0.3 is 9.88 Å². The number of halogens is 2. The third kappa shape index (κ3) is 4.21. The van der Waals surface area contributed by atoms with Crippen molar-refractivity contribution in [2.24, 2.45) is 0 Å². The number of aromatic nitrogens is 3. The van der Waals surface area contributed by atoms with E-state index < -0.39 is 0 Å². The van der Waals surface area contributed by atoms with Gasteiger partial charge in [0.25, 0.3) is 0 Å². The number of hydrogen-bond acceptors (Lipinski definition) is 4. The molecule has 5 nitrogen and oxygen atoms in total. The fraction of sp³-hybridized carbons (Fsp3) is 0.308. The SMILES string of the molecule is CCn1c(C)nnc1SCC(=O)Nc1ccc(Br)cc1Cl. The molecule has 8 heteroatoms. The van der Waals surface area contributed by atoms with Gasteiger partial charge in [-0.1, -0.05) is 39.3 Å². The maximum absolute atomic E-state index is 12.0. The van der Waals surface area contributed by atoms with Crippen molar-refractivity contribution in [3.05, 3.63) is 33.5 Å². The highest BCUT2D eigenvalue weighted by molar-refractivity contribution is 9.10. The third-order valence-electron chi connectivity index (χ3n) is 2.76. The van der Waals surface area contributed by atoms with Gasteiger partial charge in [-0.05, 0) is 32.0 Å². The van der Waals surface area contributed by atoms with Crippen molar-refractivity contribution in [1.82, 2.24) is 14.8 Å². The average Bonchev–Trinajstić information content (AvgIpc) is 2.80. The predicted molar refractivity (Wildman–Crippen MR) is 88.9 cm³/mol. The predicted octanol–water partition coefficient (Wildman–Crippen LogP) is 3.75. The molecule has 0 fully saturated rings. The second-order valence-corrected chi connectivity index (χ2v) is 6.50. The van der Waals surface area contributed by atoms with Crippen molar-refractivity contribution in [3.8, 4) is 0 Å². The number of thioether (sulfide) groups is 1. The lowest BCUT2D eigenvalue weighted by Gasteiger charge is -2.08. The van der Waals surface area contributed by atoms with Gasteiger partial charge >= 0.3 is 0 Å². The van der Waals surface area contributed by atoms with Crippen LogP contribution in [0.4, 0.5) is 5.69 Å². The molecule has 0 spiro atoms. The van der Waals surface area contributed by atoms with Crippen LogP contribution >= 0.6 is 39.3 Å². The molecule has 0 atom stereocenters. The summed E-state index contributed by atoms with van der Waals surface area (Å²) in [6.45, 7) is 4.69. The first-order chi connectivity index (χ1) is 10.0. The Morgan fingerprint density at radius 1 is 1.48 bits per heavy atom. The van der Waals surface area contributed by atoms with Crippen molar-refractivity contribution in [2.75, 3.05) is 11.1 Å². The van der Waals surface area contributed by atoms with Gasteiger partial charge in [-0.15, -0.1) is 10.2 Å². The Morgan fingerprint density at radius 2 is 2.24 bits per heavy atom. The number of rotatable bonds is 5. The van der Waals surface area contributed by atoms with Crippen LogP contribution < -0.4 is 5.32 Å². The smallest absolute Gasteiger partial charge is 0.234 e. The van der Waals surface area contributed by atoms with Crippen LogP contribution in [0.2, 0.25) is 5.02 Å². The van der Waals surface area contributed by atoms with Crippen LogP contribution in [-0.4, -0.2) is 26.4 Å². The monoisotopic (exact) mass is 388 g/mol. The molecule has 2 rings (SSSR count). The zero-order valence-electron chi connectivity index (χ0n) is 11.6. The van der Waals surface area contributed by atoms with E-state index in [2.05, 4.69) is 31.4 Å². The minimum atomic E-state index is -0.132. The van der Waals surface area contributed by atoms with Crippen molar-refractivity contribution in [2.45, 2.75) is 25.5 Å². The zero-order valence-corrected chi connectivity index (χ0v) is 14.7. The number of hydrogen-bond donors (Lipinski definition) is 1. The lowest BCUT2D eigenvalue weighted by Crippen LogP contribution is -2.15. The number of anilines is 1. The molecule has 0 saturated carbocycles. The molecule has 112 valence electrons. The molecule has 1 N–H and O–H groups in total. The Hall–Kier alpha value is -1.05. The van der Waals surface area contributed by atoms with Crippen molar-refractivity contribution < 1.29 is 4.79 Å². The van der Waals surface area contributed by atoms with E-state index in [1.807, 2.05) is 24.5 Å². The summed E-state index contributed by atoms with van der Waals surface area (Å²) in [6, 6.07) is 5.32. The Kier molecular flexibility index (Phi) is 5.66. The summed E-state index contributed by atoms with van der Waals surface area (Å²) in [6.07, 6.45) is 0. The van der Waals surface area contributed by atoms with E-state index in [4.69, 9.17) is 11.6 Å². The summed E-state index contributed by atoms with van der Waals surface area (Å²) in [4.78, 5) is 12.0. The first-order valence-electron chi connectivity index (χ1n) is 6.28. The van der Waals surface area contributed by atoms with Crippen molar-refractivity contribution in [1.29, 1.82) is 0 Å². The number of benzene rings is 1. The largest absolute Gasteiger partial charge is 0.324 e. The van der Waals surface area contributed by atoms with Crippen molar-refractivity contribution >= 4 is 50.9 Å². The Bertz CT molecular complexity index is 662. The fourth-order valence-electron chi connectivity index (χ4n) is 1.74. The van der Waals surface area contributed by atoms with E-state index in [1.54, 1.807) is 12.1 Å². The van der Waals surface area contributed by atoms with Gasteiger partial charge in [-0.25, -0.2) is 0 Å². The van der Waals surface area contributed by atoms with Gasteiger partial charge in [-0.3, -0.25) is 4.79 Å². The average molecular weight is 390 g/mol. The molecule has 1 aromatic carbocycles. The second-order valence-electron chi connectivity index (χ2n) is 4.24. The highest BCUT2D eigenvalue weighted by atomic mass is 79.9. The quantitative estimate of drug-likeness (QED) is 0.791. The molecule has 0 radical (unpaired) electrons. The van der Waals surface area contributed by atoms with Gasteiger partial charge in [-0.2, -0.15) is 0 Å². The summed E-state index contributed by atoms with van der Waals surface area (Å²) in [5.74, 6) is 0.966. The molecule has 1 amide bonds. The summed E-state index contributed by atoms with van der Waals surface area (Å²) >= 11 is 10.7. The summed E-state index contributed by atoms with van der Waals surface area (Å²) in [5, 5.41) is 12.1. The molecule has 0 unspecified atom stereocenters. The van der Waals surface area contributed by atoms with Crippen LogP contribution in [0.3, 0.4) is 0 Å². The van der Waals surface area contributed by atoms with Crippen LogP contribution in [0.25, 0.3) is 0 Å². The number of nitrogens with one attached hydrogen (secondary N) is 1. The molecular weight excluding hydrogens is 376 g/mol. The lowest BCUT2D eigenvalue weighted by atomic mass is 10.3. The summed E-state index contributed by atoms with van der Waals surface area (Å²) in [5.41, 5.74) is 0.596. The molecule has 0 aliphatic heterocycles. The lowest BCUT2D eigenvalue weighted by molar-refractivity contribution is -0.113. The number of carbonyl (C=O) groups excluding carboxylic acids is 1. The first kappa shape index (κ1) is 16.3. The summed E-state index contributed by atoms with van der Waals surface area (Å²) in [7, 11) is 0. The number of carbonyl (C=O) groups is 1. The van der Waals surface area contributed by atoms with Crippen LogP contribution in [0.5, 0.6) is 0 Å². The highest BCUT2D eigenvalue weighted by Crippen LogP contribution is 2.26. The standard InChI is InChI=1S/C13H14BrClN4OS/c1-3-19-8(2)17-18-13(19)21-7-12(20)16-11-5-4-9(14)6-10(11)15/h4-6H,3,7H2,1-2H3,(H,16,20). The Balaban J connectivity index is 1.96. The first-order valence-corrected chi connectivity index (χ1v) is 8.44. The maximum atomic E-state index is 12.0. The van der Waals surface area contributed by atoms with E-state index in [9.17, 15) is 4.79 Å². The van der Waals surface area contributed by atoms with E-state index in [0.29, 0.717) is 10.7 Å². The molecule has 1 aromatic heterocycles. The van der Waals surface area contributed by atoms with Gasteiger partial charge in [0.2, 0.25) is 5.91 Å². The van der Waals surface area contributed by atoms with Crippen LogP contribution in [0.15, 0.2) is 27.8 Å². The molecule has 0 aliphatic carbocycles. The minimum absolute atomic E-state index is 0.132. The van der Waals surface area contributed by atoms with E-state index in [1.165, 1.54) is 11.8 Å². The van der Waals surface area contributed by atoms with Crippen LogP contribution in [0.1, 0.15) is 12.7 Å². The number of amides is 1. The molecule has 0 saturated heterocycles. The maximum Gasteiger partial charge on any atom is 0.234 e. The summed E-state index contributed by atoms with van der Waals surface area (Å²) < 4.78 is 2.83. The van der Waals surface area contributed by atoms with Gasteiger partial charge in [0.15, 0.2) is 5.16 Å². The van der Waals surface area contributed by atoms with Gasteiger partial charge in [0.05, 0.1) is 16.5 Å². The molecule has 0 bridgehead atoms. The van der Waals surface area contributed by atoms with E-state index in [0.717, 1.165) is 22.0 Å². The minimum Gasteiger partial charge on any atom is -0.324 e. The fourth-order valence-corrected chi connectivity index (χ4v) is 3.31.